The van der Waals surface area contributed by atoms with Gasteiger partial charge in [-0.15, -0.1) is 0 Å². The van der Waals surface area contributed by atoms with Crippen LogP contribution in [-0.4, -0.2) is 23.0 Å². The molecule has 7 nitrogen and oxygen atoms in total. The SMILES string of the molecule is Cn1cc(-c2cccc(NS(=O)(=O)c3ccc4ccccc4c3)c2F)c2c(N)ncnc21. The van der Waals surface area contributed by atoms with Crippen molar-refractivity contribution < 1.29 is 12.8 Å². The van der Waals surface area contributed by atoms with Crippen LogP contribution in [0.15, 0.2) is 78.1 Å². The molecule has 0 bridgehead atoms. The average molecular weight is 447 g/mol. The highest BCUT2D eigenvalue weighted by Crippen LogP contribution is 2.36. The Hall–Kier alpha value is -3.98. The van der Waals surface area contributed by atoms with Crippen LogP contribution < -0.4 is 10.5 Å². The molecule has 5 aromatic rings. The van der Waals surface area contributed by atoms with Crippen molar-refractivity contribution in [3.8, 4) is 11.1 Å². The van der Waals surface area contributed by atoms with Gasteiger partial charge in [0.1, 0.15) is 17.8 Å². The molecule has 0 amide bonds. The Labute approximate surface area is 183 Å². The minimum atomic E-state index is -4.02. The van der Waals surface area contributed by atoms with Crippen LogP contribution in [0.2, 0.25) is 0 Å². The van der Waals surface area contributed by atoms with Crippen LogP contribution >= 0.6 is 0 Å². The van der Waals surface area contributed by atoms with Gasteiger partial charge in [0.2, 0.25) is 0 Å². The molecule has 2 heterocycles. The number of hydrogen-bond acceptors (Lipinski definition) is 5. The number of aromatic nitrogens is 3. The Bertz CT molecular complexity index is 1610. The number of anilines is 2. The van der Waals surface area contributed by atoms with Crippen molar-refractivity contribution in [3.05, 3.63) is 79.0 Å². The van der Waals surface area contributed by atoms with Gasteiger partial charge in [0.25, 0.3) is 10.0 Å². The van der Waals surface area contributed by atoms with E-state index < -0.39 is 15.8 Å². The first-order valence-electron chi connectivity index (χ1n) is 9.71. The molecule has 0 atom stereocenters. The third kappa shape index (κ3) is 3.23. The molecule has 0 spiro atoms. The number of nitrogens with zero attached hydrogens (tertiary/aromatic N) is 3. The normalized spacial score (nSPS) is 11.8. The van der Waals surface area contributed by atoms with Crippen molar-refractivity contribution in [1.29, 1.82) is 0 Å². The number of hydrogen-bond donors (Lipinski definition) is 2. The predicted octanol–water partition coefficient (Wildman–Crippen LogP) is 4.31. The molecule has 5 rings (SSSR count). The van der Waals surface area contributed by atoms with Crippen LogP contribution in [0.3, 0.4) is 0 Å². The van der Waals surface area contributed by atoms with Crippen LogP contribution in [0.5, 0.6) is 0 Å². The van der Waals surface area contributed by atoms with E-state index in [0.717, 1.165) is 10.8 Å². The summed E-state index contributed by atoms with van der Waals surface area (Å²) in [5, 5.41) is 2.19. The molecule has 2 aromatic heterocycles. The maximum atomic E-state index is 15.5. The average Bonchev–Trinajstić information content (AvgIpc) is 3.12. The van der Waals surface area contributed by atoms with E-state index in [1.165, 1.54) is 18.5 Å². The Morgan fingerprint density at radius 1 is 0.969 bits per heavy atom. The van der Waals surface area contributed by atoms with Gasteiger partial charge in [-0.2, -0.15) is 0 Å². The van der Waals surface area contributed by atoms with Gasteiger partial charge in [0.15, 0.2) is 5.82 Å². The molecule has 9 heteroatoms. The molecule has 3 N–H and O–H groups in total. The van der Waals surface area contributed by atoms with E-state index in [1.807, 2.05) is 24.3 Å². The number of halogens is 1. The van der Waals surface area contributed by atoms with Crippen molar-refractivity contribution >= 4 is 43.3 Å². The zero-order chi connectivity index (χ0) is 22.5. The zero-order valence-electron chi connectivity index (χ0n) is 16.9. The molecule has 32 heavy (non-hydrogen) atoms. The molecule has 0 fully saturated rings. The summed E-state index contributed by atoms with van der Waals surface area (Å²) < 4.78 is 45.6. The first-order chi connectivity index (χ1) is 15.3. The Morgan fingerprint density at radius 2 is 1.75 bits per heavy atom. The topological polar surface area (TPSA) is 103 Å². The fraction of sp³-hybridized carbons (Fsp3) is 0.0435. The molecular weight excluding hydrogens is 429 g/mol. The number of benzene rings is 3. The maximum absolute atomic E-state index is 15.5. The van der Waals surface area contributed by atoms with Crippen molar-refractivity contribution in [2.75, 3.05) is 10.5 Å². The zero-order valence-corrected chi connectivity index (χ0v) is 17.8. The van der Waals surface area contributed by atoms with E-state index in [-0.39, 0.29) is 22.0 Å². The van der Waals surface area contributed by atoms with Crippen molar-refractivity contribution in [2.24, 2.45) is 7.05 Å². The van der Waals surface area contributed by atoms with E-state index in [1.54, 1.807) is 42.1 Å². The number of fused-ring (bicyclic) bond motifs is 2. The second-order valence-corrected chi connectivity index (χ2v) is 9.08. The van der Waals surface area contributed by atoms with Gasteiger partial charge in [0, 0.05) is 24.4 Å². The first kappa shape index (κ1) is 20.0. The summed E-state index contributed by atoms with van der Waals surface area (Å²) >= 11 is 0. The second kappa shape index (κ2) is 7.31. The lowest BCUT2D eigenvalue weighted by atomic mass is 10.0. The lowest BCUT2D eigenvalue weighted by molar-refractivity contribution is 0.599. The van der Waals surface area contributed by atoms with Gasteiger partial charge in [-0.3, -0.25) is 4.72 Å². The van der Waals surface area contributed by atoms with Crippen LogP contribution in [0.25, 0.3) is 32.9 Å². The van der Waals surface area contributed by atoms with Gasteiger partial charge in [-0.25, -0.2) is 22.8 Å². The van der Waals surface area contributed by atoms with E-state index in [0.29, 0.717) is 16.6 Å². The summed E-state index contributed by atoms with van der Waals surface area (Å²) in [5.41, 5.74) is 7.07. The van der Waals surface area contributed by atoms with Gasteiger partial charge in [-0.1, -0.05) is 42.5 Å². The molecule has 0 aliphatic heterocycles. The molecular formula is C23H18FN5O2S. The van der Waals surface area contributed by atoms with Crippen molar-refractivity contribution in [1.82, 2.24) is 14.5 Å². The Kier molecular flexibility index (Phi) is 4.56. The first-order valence-corrected chi connectivity index (χ1v) is 11.2. The molecule has 160 valence electrons. The molecule has 0 saturated carbocycles. The van der Waals surface area contributed by atoms with Gasteiger partial charge in [-0.05, 0) is 29.0 Å². The van der Waals surface area contributed by atoms with Crippen molar-refractivity contribution in [3.63, 3.8) is 0 Å². The standard InChI is InChI=1S/C23H18FN5O2S/c1-29-12-18(20-22(25)26-13-27-23(20)29)17-7-4-8-19(21(17)24)28-32(30,31)16-10-9-14-5-2-3-6-15(14)11-16/h2-13,28H,1H3,(H2,25,26,27). The third-order valence-electron chi connectivity index (χ3n) is 5.35. The number of rotatable bonds is 4. The quantitative estimate of drug-likeness (QED) is 0.427. The minimum absolute atomic E-state index is 0.0452. The highest BCUT2D eigenvalue weighted by atomic mass is 32.2. The number of sulfonamides is 1. The highest BCUT2D eigenvalue weighted by Gasteiger charge is 2.21. The second-order valence-electron chi connectivity index (χ2n) is 7.39. The molecule has 0 aliphatic carbocycles. The number of nitrogens with two attached hydrogens (primary N) is 1. The summed E-state index contributed by atoms with van der Waals surface area (Å²) in [5.74, 6) is -0.500. The summed E-state index contributed by atoms with van der Waals surface area (Å²) in [6.45, 7) is 0. The maximum Gasteiger partial charge on any atom is 0.262 e. The van der Waals surface area contributed by atoms with E-state index >= 15 is 4.39 Å². The molecule has 0 unspecified atom stereocenters. The minimum Gasteiger partial charge on any atom is -0.383 e. The fourth-order valence-electron chi connectivity index (χ4n) is 3.80. The lowest BCUT2D eigenvalue weighted by Crippen LogP contribution is -2.14. The van der Waals surface area contributed by atoms with Crippen LogP contribution in [0.4, 0.5) is 15.9 Å². The van der Waals surface area contributed by atoms with Gasteiger partial charge in [0.05, 0.1) is 16.0 Å². The lowest BCUT2D eigenvalue weighted by Gasteiger charge is -2.12. The number of nitrogen functional groups attached to an aromatic ring is 1. The Morgan fingerprint density at radius 3 is 2.56 bits per heavy atom. The number of nitrogens with one attached hydrogen (secondary N) is 1. The van der Waals surface area contributed by atoms with Crippen LogP contribution in [0, 0.1) is 5.82 Å². The summed E-state index contributed by atoms with van der Waals surface area (Å²) in [6.07, 6.45) is 3.03. The van der Waals surface area contributed by atoms with Crippen LogP contribution in [0.1, 0.15) is 0 Å². The van der Waals surface area contributed by atoms with Crippen molar-refractivity contribution in [2.45, 2.75) is 4.90 Å². The van der Waals surface area contributed by atoms with E-state index in [2.05, 4.69) is 14.7 Å². The van der Waals surface area contributed by atoms with E-state index in [9.17, 15) is 8.42 Å². The fourth-order valence-corrected chi connectivity index (χ4v) is 4.89. The summed E-state index contributed by atoms with van der Waals surface area (Å²) in [4.78, 5) is 8.25. The van der Waals surface area contributed by atoms with Gasteiger partial charge >= 0.3 is 0 Å². The molecule has 3 aromatic carbocycles. The van der Waals surface area contributed by atoms with E-state index in [4.69, 9.17) is 5.73 Å². The van der Waals surface area contributed by atoms with Crippen LogP contribution in [-0.2, 0) is 17.1 Å². The smallest absolute Gasteiger partial charge is 0.262 e. The predicted molar refractivity (Wildman–Crippen MR) is 123 cm³/mol. The molecule has 0 saturated heterocycles. The highest BCUT2D eigenvalue weighted by molar-refractivity contribution is 7.92. The summed E-state index contributed by atoms with van der Waals surface area (Å²) in [7, 11) is -2.25. The third-order valence-corrected chi connectivity index (χ3v) is 6.71. The largest absolute Gasteiger partial charge is 0.383 e. The van der Waals surface area contributed by atoms with Gasteiger partial charge < -0.3 is 10.3 Å². The molecule has 0 radical (unpaired) electrons. The Balaban J connectivity index is 1.58. The number of aryl methyl sites for hydroxylation is 1. The monoisotopic (exact) mass is 447 g/mol. The molecule has 0 aliphatic rings. The summed E-state index contributed by atoms with van der Waals surface area (Å²) in [6, 6.07) is 16.7.